The van der Waals surface area contributed by atoms with Crippen LogP contribution in [0.2, 0.25) is 0 Å². The molecule has 2 aromatic carbocycles. The van der Waals surface area contributed by atoms with Gasteiger partial charge in [0, 0.05) is 31.5 Å². The molecule has 164 valence electrons. The molecule has 3 aromatic rings. The molecule has 0 saturated carbocycles. The van der Waals surface area contributed by atoms with Crippen molar-refractivity contribution in [3.63, 3.8) is 0 Å². The summed E-state index contributed by atoms with van der Waals surface area (Å²) in [4.78, 5) is 18.7. The highest BCUT2D eigenvalue weighted by molar-refractivity contribution is 7.09. The molecule has 0 aliphatic heterocycles. The Morgan fingerprint density at radius 2 is 1.77 bits per heavy atom. The molecular formula is C23H28N4O3S. The summed E-state index contributed by atoms with van der Waals surface area (Å²) in [5, 5.41) is 3.69. The van der Waals surface area contributed by atoms with Gasteiger partial charge in [-0.05, 0) is 36.6 Å². The summed E-state index contributed by atoms with van der Waals surface area (Å²) in [7, 11) is 5.07. The highest BCUT2D eigenvalue weighted by atomic mass is 32.1. The first-order valence-electron chi connectivity index (χ1n) is 10.1. The SMILES string of the molecule is COc1ccc(CCNC(=O)CN(C)c2nc(Cc3ccc(C)cc3)ns2)cc1OC. The number of carbonyl (C=O) groups excluding carboxylic acids is 1. The standard InChI is InChI=1S/C23H28N4O3S/c1-16-5-7-17(8-6-16)14-21-25-23(31-26-21)27(2)15-22(28)24-12-11-18-9-10-19(29-3)20(13-18)30-4/h5-10,13H,11-12,14-15H2,1-4H3,(H,24,28). The van der Waals surface area contributed by atoms with Gasteiger partial charge in [0.2, 0.25) is 11.0 Å². The zero-order valence-corrected chi connectivity index (χ0v) is 19.2. The van der Waals surface area contributed by atoms with Gasteiger partial charge >= 0.3 is 0 Å². The van der Waals surface area contributed by atoms with Crippen LogP contribution in [0.25, 0.3) is 0 Å². The number of aryl methyl sites for hydroxylation is 1. The average molecular weight is 441 g/mol. The number of anilines is 1. The Bertz CT molecular complexity index is 1000. The van der Waals surface area contributed by atoms with E-state index in [-0.39, 0.29) is 12.5 Å². The van der Waals surface area contributed by atoms with Crippen molar-refractivity contribution in [3.8, 4) is 11.5 Å². The number of rotatable bonds is 10. The molecular weight excluding hydrogens is 412 g/mol. The van der Waals surface area contributed by atoms with Crippen molar-refractivity contribution in [1.29, 1.82) is 0 Å². The summed E-state index contributed by atoms with van der Waals surface area (Å²) in [6.07, 6.45) is 1.39. The molecule has 0 bridgehead atoms. The third-order valence-electron chi connectivity index (χ3n) is 4.83. The van der Waals surface area contributed by atoms with Crippen LogP contribution in [0.5, 0.6) is 11.5 Å². The first-order chi connectivity index (χ1) is 15.0. The van der Waals surface area contributed by atoms with Gasteiger partial charge in [0.25, 0.3) is 0 Å². The fraction of sp³-hybridized carbons (Fsp3) is 0.348. The molecule has 1 N–H and O–H groups in total. The molecule has 3 rings (SSSR count). The highest BCUT2D eigenvalue weighted by Crippen LogP contribution is 2.27. The highest BCUT2D eigenvalue weighted by Gasteiger charge is 2.13. The Balaban J connectivity index is 1.46. The molecule has 0 saturated heterocycles. The number of nitrogens with zero attached hydrogens (tertiary/aromatic N) is 3. The van der Waals surface area contributed by atoms with Crippen molar-refractivity contribution < 1.29 is 14.3 Å². The predicted octanol–water partition coefficient (Wildman–Crippen LogP) is 3.25. The van der Waals surface area contributed by atoms with E-state index in [0.717, 1.165) is 16.5 Å². The van der Waals surface area contributed by atoms with Crippen LogP contribution in [0, 0.1) is 6.92 Å². The summed E-state index contributed by atoms with van der Waals surface area (Å²) in [5.41, 5.74) is 3.47. The lowest BCUT2D eigenvalue weighted by Crippen LogP contribution is -2.36. The lowest BCUT2D eigenvalue weighted by Gasteiger charge is -2.15. The van der Waals surface area contributed by atoms with E-state index in [1.54, 1.807) is 14.2 Å². The summed E-state index contributed by atoms with van der Waals surface area (Å²) < 4.78 is 15.0. The van der Waals surface area contributed by atoms with E-state index in [1.165, 1.54) is 22.7 Å². The van der Waals surface area contributed by atoms with Crippen molar-refractivity contribution in [2.24, 2.45) is 0 Å². The number of likely N-dealkylation sites (N-methyl/N-ethyl adjacent to an activating group) is 1. The molecule has 8 heteroatoms. The number of carbonyl (C=O) groups is 1. The molecule has 31 heavy (non-hydrogen) atoms. The van der Waals surface area contributed by atoms with Gasteiger partial charge in [-0.15, -0.1) is 0 Å². The van der Waals surface area contributed by atoms with Crippen LogP contribution in [0.3, 0.4) is 0 Å². The van der Waals surface area contributed by atoms with Crippen LogP contribution < -0.4 is 19.7 Å². The molecule has 0 spiro atoms. The molecule has 0 aliphatic carbocycles. The van der Waals surface area contributed by atoms with Crippen LogP contribution in [-0.4, -0.2) is 49.6 Å². The molecule has 0 fully saturated rings. The van der Waals surface area contributed by atoms with Crippen molar-refractivity contribution in [2.45, 2.75) is 19.8 Å². The van der Waals surface area contributed by atoms with Gasteiger partial charge in [-0.2, -0.15) is 4.37 Å². The second-order valence-corrected chi connectivity index (χ2v) is 8.03. The quantitative estimate of drug-likeness (QED) is 0.522. The molecule has 1 aromatic heterocycles. The number of hydrogen-bond donors (Lipinski definition) is 1. The Morgan fingerprint density at radius 3 is 2.48 bits per heavy atom. The molecule has 0 atom stereocenters. The molecule has 0 radical (unpaired) electrons. The van der Waals surface area contributed by atoms with Crippen LogP contribution in [0.4, 0.5) is 5.13 Å². The Hall–Kier alpha value is -3.13. The van der Waals surface area contributed by atoms with E-state index >= 15 is 0 Å². The molecule has 7 nitrogen and oxygen atoms in total. The minimum atomic E-state index is -0.0572. The molecule has 0 aliphatic rings. The van der Waals surface area contributed by atoms with E-state index in [9.17, 15) is 4.79 Å². The number of aromatic nitrogens is 2. The van der Waals surface area contributed by atoms with E-state index in [4.69, 9.17) is 9.47 Å². The normalized spacial score (nSPS) is 10.6. The van der Waals surface area contributed by atoms with Crippen LogP contribution >= 0.6 is 11.5 Å². The zero-order chi connectivity index (χ0) is 22.2. The second-order valence-electron chi connectivity index (χ2n) is 7.30. The first kappa shape index (κ1) is 22.6. The average Bonchev–Trinajstić information content (AvgIpc) is 3.24. The van der Waals surface area contributed by atoms with Gasteiger partial charge in [0.15, 0.2) is 11.5 Å². The Morgan fingerprint density at radius 1 is 1.06 bits per heavy atom. The summed E-state index contributed by atoms with van der Waals surface area (Å²) in [5.74, 6) is 2.09. The van der Waals surface area contributed by atoms with E-state index < -0.39 is 0 Å². The van der Waals surface area contributed by atoms with Gasteiger partial charge in [-0.25, -0.2) is 4.98 Å². The second kappa shape index (κ2) is 10.8. The topological polar surface area (TPSA) is 76.6 Å². The third kappa shape index (κ3) is 6.42. The van der Waals surface area contributed by atoms with Crippen molar-refractivity contribution >= 4 is 22.6 Å². The van der Waals surface area contributed by atoms with Gasteiger partial charge < -0.3 is 19.7 Å². The van der Waals surface area contributed by atoms with Gasteiger partial charge in [-0.1, -0.05) is 35.9 Å². The number of nitrogens with one attached hydrogen (secondary N) is 1. The summed E-state index contributed by atoms with van der Waals surface area (Å²) in [6, 6.07) is 14.1. The van der Waals surface area contributed by atoms with Crippen molar-refractivity contribution in [3.05, 3.63) is 65.0 Å². The number of ether oxygens (including phenoxy) is 2. The third-order valence-corrected chi connectivity index (χ3v) is 5.70. The molecule has 0 unspecified atom stereocenters. The molecule has 1 amide bonds. The smallest absolute Gasteiger partial charge is 0.239 e. The fourth-order valence-electron chi connectivity index (χ4n) is 3.08. The maximum Gasteiger partial charge on any atom is 0.239 e. The van der Waals surface area contributed by atoms with Gasteiger partial charge in [0.05, 0.1) is 20.8 Å². The summed E-state index contributed by atoms with van der Waals surface area (Å²) in [6.45, 7) is 2.83. The van der Waals surface area contributed by atoms with Crippen LogP contribution in [0.1, 0.15) is 22.5 Å². The number of methoxy groups -OCH3 is 2. The minimum absolute atomic E-state index is 0.0572. The van der Waals surface area contributed by atoms with E-state index in [0.29, 0.717) is 30.9 Å². The van der Waals surface area contributed by atoms with E-state index in [2.05, 4.69) is 45.9 Å². The zero-order valence-electron chi connectivity index (χ0n) is 18.3. The fourth-order valence-corrected chi connectivity index (χ4v) is 3.72. The van der Waals surface area contributed by atoms with Crippen molar-refractivity contribution in [1.82, 2.24) is 14.7 Å². The Kier molecular flexibility index (Phi) is 7.83. The maximum atomic E-state index is 12.3. The largest absolute Gasteiger partial charge is 0.493 e. The van der Waals surface area contributed by atoms with Crippen molar-refractivity contribution in [2.75, 3.05) is 39.3 Å². The number of hydrogen-bond acceptors (Lipinski definition) is 7. The Labute approximate surface area is 187 Å². The maximum absolute atomic E-state index is 12.3. The molecule has 1 heterocycles. The lowest BCUT2D eigenvalue weighted by atomic mass is 10.1. The first-order valence-corrected chi connectivity index (χ1v) is 10.8. The van der Waals surface area contributed by atoms with Gasteiger partial charge in [-0.3, -0.25) is 4.79 Å². The number of benzene rings is 2. The monoisotopic (exact) mass is 440 g/mol. The summed E-state index contributed by atoms with van der Waals surface area (Å²) >= 11 is 1.31. The lowest BCUT2D eigenvalue weighted by molar-refractivity contribution is -0.119. The predicted molar refractivity (Wildman–Crippen MR) is 123 cm³/mol. The minimum Gasteiger partial charge on any atom is -0.493 e. The van der Waals surface area contributed by atoms with Gasteiger partial charge in [0.1, 0.15) is 5.82 Å². The van der Waals surface area contributed by atoms with Crippen LogP contribution in [0.15, 0.2) is 42.5 Å². The van der Waals surface area contributed by atoms with Crippen LogP contribution in [-0.2, 0) is 17.6 Å². The van der Waals surface area contributed by atoms with E-state index in [1.807, 2.05) is 30.1 Å². The number of amides is 1.